The Balaban J connectivity index is 2.81. The van der Waals surface area contributed by atoms with Crippen molar-refractivity contribution in [1.29, 1.82) is 0 Å². The molecule has 78 valence electrons. The molecule has 0 saturated carbocycles. The smallest absolute Gasteiger partial charge is 0.160 e. The Kier molecular flexibility index (Phi) is 4.10. The standard InChI is InChI=1S/C10H15NO2S/c1-8(2)11(5-6-12)10-4-3-9(7-13)14-10/h3-4,7-8,12H,5-6H2,1-2H3. The van der Waals surface area contributed by atoms with E-state index >= 15 is 0 Å². The van der Waals surface area contributed by atoms with Crippen LogP contribution in [0.5, 0.6) is 0 Å². The molecule has 1 aromatic rings. The van der Waals surface area contributed by atoms with Gasteiger partial charge < -0.3 is 10.0 Å². The molecule has 1 aromatic heterocycles. The maximum absolute atomic E-state index is 10.5. The lowest BCUT2D eigenvalue weighted by Crippen LogP contribution is -2.32. The van der Waals surface area contributed by atoms with Crippen LogP contribution in [0.15, 0.2) is 12.1 Å². The lowest BCUT2D eigenvalue weighted by molar-refractivity contribution is 0.112. The Morgan fingerprint density at radius 2 is 2.29 bits per heavy atom. The molecule has 3 nitrogen and oxygen atoms in total. The van der Waals surface area contributed by atoms with Crippen LogP contribution in [0, 0.1) is 0 Å². The first-order valence-electron chi connectivity index (χ1n) is 4.61. The van der Waals surface area contributed by atoms with Gasteiger partial charge in [-0.1, -0.05) is 0 Å². The molecule has 1 rings (SSSR count). The van der Waals surface area contributed by atoms with Crippen LogP contribution in [0.1, 0.15) is 23.5 Å². The van der Waals surface area contributed by atoms with Gasteiger partial charge in [0.2, 0.25) is 0 Å². The summed E-state index contributed by atoms with van der Waals surface area (Å²) in [6.45, 7) is 4.87. The van der Waals surface area contributed by atoms with E-state index in [0.717, 1.165) is 16.2 Å². The van der Waals surface area contributed by atoms with Crippen LogP contribution in [0.25, 0.3) is 0 Å². The number of anilines is 1. The van der Waals surface area contributed by atoms with E-state index in [1.807, 2.05) is 6.07 Å². The molecule has 0 aliphatic rings. The molecule has 1 heterocycles. The fourth-order valence-corrected chi connectivity index (χ4v) is 2.27. The van der Waals surface area contributed by atoms with Crippen molar-refractivity contribution in [2.75, 3.05) is 18.1 Å². The number of hydrogen-bond donors (Lipinski definition) is 1. The predicted molar refractivity (Wildman–Crippen MR) is 59.3 cm³/mol. The Hall–Kier alpha value is -0.870. The number of nitrogens with zero attached hydrogens (tertiary/aromatic N) is 1. The number of rotatable bonds is 5. The van der Waals surface area contributed by atoms with Gasteiger partial charge in [-0.25, -0.2) is 0 Å². The Morgan fingerprint density at radius 3 is 2.71 bits per heavy atom. The van der Waals surface area contributed by atoms with Crippen LogP contribution in [-0.2, 0) is 0 Å². The highest BCUT2D eigenvalue weighted by Gasteiger charge is 2.11. The summed E-state index contributed by atoms with van der Waals surface area (Å²) in [5.74, 6) is 0. The topological polar surface area (TPSA) is 40.5 Å². The number of thiophene rings is 1. The molecule has 0 unspecified atom stereocenters. The van der Waals surface area contributed by atoms with Crippen molar-refractivity contribution in [3.8, 4) is 0 Å². The van der Waals surface area contributed by atoms with Gasteiger partial charge in [-0.15, -0.1) is 11.3 Å². The van der Waals surface area contributed by atoms with E-state index in [9.17, 15) is 4.79 Å². The summed E-state index contributed by atoms with van der Waals surface area (Å²) >= 11 is 1.46. The maximum atomic E-state index is 10.5. The molecule has 0 bridgehead atoms. The van der Waals surface area contributed by atoms with Crippen molar-refractivity contribution in [1.82, 2.24) is 0 Å². The van der Waals surface area contributed by atoms with Crippen LogP contribution >= 0.6 is 11.3 Å². The van der Waals surface area contributed by atoms with E-state index < -0.39 is 0 Å². The highest BCUT2D eigenvalue weighted by atomic mass is 32.1. The van der Waals surface area contributed by atoms with Crippen molar-refractivity contribution in [3.05, 3.63) is 17.0 Å². The van der Waals surface area contributed by atoms with Crippen molar-refractivity contribution >= 4 is 22.6 Å². The summed E-state index contributed by atoms with van der Waals surface area (Å²) in [5.41, 5.74) is 0. The Labute approximate surface area is 88.0 Å². The molecule has 0 amide bonds. The third-order valence-electron chi connectivity index (χ3n) is 1.98. The summed E-state index contributed by atoms with van der Waals surface area (Å²) in [4.78, 5) is 13.3. The minimum atomic E-state index is 0.131. The summed E-state index contributed by atoms with van der Waals surface area (Å²) in [6.07, 6.45) is 0.853. The minimum Gasteiger partial charge on any atom is -0.395 e. The largest absolute Gasteiger partial charge is 0.395 e. The second-order valence-electron chi connectivity index (χ2n) is 3.30. The molecular formula is C10H15NO2S. The number of carbonyl (C=O) groups excluding carboxylic acids is 1. The second-order valence-corrected chi connectivity index (χ2v) is 4.40. The van der Waals surface area contributed by atoms with Crippen LogP contribution in [-0.4, -0.2) is 30.6 Å². The zero-order valence-electron chi connectivity index (χ0n) is 8.43. The molecular weight excluding hydrogens is 198 g/mol. The molecule has 0 fully saturated rings. The molecule has 0 atom stereocenters. The monoisotopic (exact) mass is 213 g/mol. The van der Waals surface area contributed by atoms with Crippen LogP contribution in [0.4, 0.5) is 5.00 Å². The predicted octanol–water partition coefficient (Wildman–Crippen LogP) is 1.77. The fourth-order valence-electron chi connectivity index (χ4n) is 1.29. The summed E-state index contributed by atoms with van der Waals surface area (Å²) in [6, 6.07) is 4.06. The van der Waals surface area contributed by atoms with Gasteiger partial charge in [-0.3, -0.25) is 4.79 Å². The average Bonchev–Trinajstić information content (AvgIpc) is 2.61. The maximum Gasteiger partial charge on any atom is 0.160 e. The quantitative estimate of drug-likeness (QED) is 0.758. The first-order chi connectivity index (χ1) is 6.69. The van der Waals surface area contributed by atoms with E-state index in [1.54, 1.807) is 6.07 Å². The molecule has 0 spiro atoms. The third kappa shape index (κ3) is 2.56. The molecule has 14 heavy (non-hydrogen) atoms. The lowest BCUT2D eigenvalue weighted by Gasteiger charge is -2.26. The molecule has 0 radical (unpaired) electrons. The summed E-state index contributed by atoms with van der Waals surface area (Å²) in [5, 5.41) is 9.94. The van der Waals surface area contributed by atoms with E-state index in [0.29, 0.717) is 12.6 Å². The van der Waals surface area contributed by atoms with Gasteiger partial charge in [-0.05, 0) is 26.0 Å². The zero-order valence-corrected chi connectivity index (χ0v) is 9.25. The zero-order chi connectivity index (χ0) is 10.6. The van der Waals surface area contributed by atoms with Gasteiger partial charge in [0, 0.05) is 12.6 Å². The highest BCUT2D eigenvalue weighted by molar-refractivity contribution is 7.17. The van der Waals surface area contributed by atoms with Crippen LogP contribution in [0.2, 0.25) is 0 Å². The van der Waals surface area contributed by atoms with Gasteiger partial charge in [0.25, 0.3) is 0 Å². The Morgan fingerprint density at radius 1 is 1.57 bits per heavy atom. The molecule has 4 heteroatoms. The lowest BCUT2D eigenvalue weighted by atomic mass is 10.3. The molecule has 0 aromatic carbocycles. The number of aliphatic hydroxyl groups is 1. The molecule has 0 aliphatic heterocycles. The van der Waals surface area contributed by atoms with Gasteiger partial charge in [0.05, 0.1) is 16.5 Å². The van der Waals surface area contributed by atoms with E-state index in [2.05, 4.69) is 18.7 Å². The van der Waals surface area contributed by atoms with E-state index in [-0.39, 0.29) is 6.61 Å². The first kappa shape index (κ1) is 11.2. The fraction of sp³-hybridized carbons (Fsp3) is 0.500. The number of aldehydes is 1. The van der Waals surface area contributed by atoms with Gasteiger partial charge in [-0.2, -0.15) is 0 Å². The van der Waals surface area contributed by atoms with E-state index in [1.165, 1.54) is 11.3 Å². The Bertz CT molecular complexity index is 296. The van der Waals surface area contributed by atoms with Gasteiger partial charge in [0.15, 0.2) is 6.29 Å². The van der Waals surface area contributed by atoms with Crippen LogP contribution in [0.3, 0.4) is 0 Å². The number of carbonyl (C=O) groups is 1. The second kappa shape index (κ2) is 5.12. The van der Waals surface area contributed by atoms with Crippen molar-refractivity contribution in [2.45, 2.75) is 19.9 Å². The SMILES string of the molecule is CC(C)N(CCO)c1ccc(C=O)s1. The number of hydrogen-bond acceptors (Lipinski definition) is 4. The third-order valence-corrected chi connectivity index (χ3v) is 3.02. The normalized spacial score (nSPS) is 10.6. The van der Waals surface area contributed by atoms with Crippen LogP contribution < -0.4 is 4.90 Å². The average molecular weight is 213 g/mol. The summed E-state index contributed by atoms with van der Waals surface area (Å²) < 4.78 is 0. The minimum absolute atomic E-state index is 0.131. The van der Waals surface area contributed by atoms with Gasteiger partial charge >= 0.3 is 0 Å². The summed E-state index contributed by atoms with van der Waals surface area (Å²) in [7, 11) is 0. The van der Waals surface area contributed by atoms with Crippen molar-refractivity contribution in [3.63, 3.8) is 0 Å². The van der Waals surface area contributed by atoms with E-state index in [4.69, 9.17) is 5.11 Å². The first-order valence-corrected chi connectivity index (χ1v) is 5.43. The molecule has 1 N–H and O–H groups in total. The highest BCUT2D eigenvalue weighted by Crippen LogP contribution is 2.26. The van der Waals surface area contributed by atoms with Gasteiger partial charge in [0.1, 0.15) is 0 Å². The van der Waals surface area contributed by atoms with Crippen molar-refractivity contribution in [2.24, 2.45) is 0 Å². The number of aliphatic hydroxyl groups excluding tert-OH is 1. The van der Waals surface area contributed by atoms with Crippen molar-refractivity contribution < 1.29 is 9.90 Å². The molecule has 0 aliphatic carbocycles. The molecule has 0 saturated heterocycles.